The molecule has 0 spiro atoms. The lowest BCUT2D eigenvalue weighted by atomic mass is 9.87. The number of nitrogens with zero attached hydrogens (tertiary/aromatic N) is 1. The van der Waals surface area contributed by atoms with E-state index in [-0.39, 0.29) is 11.3 Å². The standard InChI is InChI=1S/C20H24N2O/c1-15(14-16-8-6-5-7-9-16)21-22-19(23)17-10-12-18(13-11-17)20(2,3)4/h5-13H,14H2,1-4H3,(H,22,23). The Morgan fingerprint density at radius 1 is 1.00 bits per heavy atom. The minimum absolute atomic E-state index is 0.0828. The molecule has 0 fully saturated rings. The van der Waals surface area contributed by atoms with Crippen LogP contribution in [-0.2, 0) is 11.8 Å². The predicted molar refractivity (Wildman–Crippen MR) is 95.9 cm³/mol. The molecule has 2 aromatic carbocycles. The highest BCUT2D eigenvalue weighted by molar-refractivity contribution is 5.95. The monoisotopic (exact) mass is 308 g/mol. The van der Waals surface area contributed by atoms with Gasteiger partial charge in [0.05, 0.1) is 0 Å². The summed E-state index contributed by atoms with van der Waals surface area (Å²) in [5.74, 6) is -0.183. The first-order valence-electron chi connectivity index (χ1n) is 7.84. The molecule has 0 saturated heterocycles. The van der Waals surface area contributed by atoms with Gasteiger partial charge in [-0.15, -0.1) is 0 Å². The second-order valence-electron chi connectivity index (χ2n) is 6.78. The maximum atomic E-state index is 12.1. The van der Waals surface area contributed by atoms with E-state index in [4.69, 9.17) is 0 Å². The summed E-state index contributed by atoms with van der Waals surface area (Å²) in [7, 11) is 0. The highest BCUT2D eigenvalue weighted by atomic mass is 16.2. The van der Waals surface area contributed by atoms with E-state index in [2.05, 4.69) is 31.3 Å². The van der Waals surface area contributed by atoms with Crippen molar-refractivity contribution in [3.05, 3.63) is 71.3 Å². The van der Waals surface area contributed by atoms with Crippen molar-refractivity contribution in [2.45, 2.75) is 39.5 Å². The summed E-state index contributed by atoms with van der Waals surface area (Å²) in [4.78, 5) is 12.1. The Balaban J connectivity index is 1.97. The van der Waals surface area contributed by atoms with Crippen LogP contribution in [0.4, 0.5) is 0 Å². The number of benzene rings is 2. The van der Waals surface area contributed by atoms with Crippen LogP contribution in [0.3, 0.4) is 0 Å². The van der Waals surface area contributed by atoms with Gasteiger partial charge < -0.3 is 0 Å². The molecule has 1 N–H and O–H groups in total. The molecule has 3 nitrogen and oxygen atoms in total. The van der Waals surface area contributed by atoms with Crippen LogP contribution in [0.2, 0.25) is 0 Å². The molecule has 3 heteroatoms. The van der Waals surface area contributed by atoms with Crippen LogP contribution in [0.1, 0.15) is 49.2 Å². The second kappa shape index (κ2) is 7.23. The van der Waals surface area contributed by atoms with Gasteiger partial charge in [-0.2, -0.15) is 5.10 Å². The summed E-state index contributed by atoms with van der Waals surface area (Å²) in [5, 5.41) is 4.18. The molecule has 1 amide bonds. The van der Waals surface area contributed by atoms with Gasteiger partial charge in [0.25, 0.3) is 5.91 Å². The lowest BCUT2D eigenvalue weighted by molar-refractivity contribution is 0.0954. The second-order valence-corrected chi connectivity index (χ2v) is 6.78. The van der Waals surface area contributed by atoms with Gasteiger partial charge in [0.2, 0.25) is 0 Å². The molecule has 0 unspecified atom stereocenters. The number of carbonyl (C=O) groups excluding carboxylic acids is 1. The SMILES string of the molecule is CC(Cc1ccccc1)=NNC(=O)c1ccc(C(C)(C)C)cc1. The molecule has 0 radical (unpaired) electrons. The van der Waals surface area contributed by atoms with Gasteiger partial charge >= 0.3 is 0 Å². The normalized spacial score (nSPS) is 12.1. The van der Waals surface area contributed by atoms with E-state index in [9.17, 15) is 4.79 Å². The maximum Gasteiger partial charge on any atom is 0.271 e. The lowest BCUT2D eigenvalue weighted by Crippen LogP contribution is -2.20. The Labute approximate surface area is 138 Å². The lowest BCUT2D eigenvalue weighted by Gasteiger charge is -2.18. The predicted octanol–water partition coefficient (Wildman–Crippen LogP) is 4.33. The largest absolute Gasteiger partial charge is 0.271 e. The third kappa shape index (κ3) is 5.06. The van der Waals surface area contributed by atoms with E-state index in [1.807, 2.05) is 61.5 Å². The van der Waals surface area contributed by atoms with E-state index in [1.54, 1.807) is 0 Å². The van der Waals surface area contributed by atoms with Crippen LogP contribution in [0, 0.1) is 0 Å². The molecule has 0 heterocycles. The minimum atomic E-state index is -0.183. The number of rotatable bonds is 4. The molecule has 2 aromatic rings. The van der Waals surface area contributed by atoms with Crippen molar-refractivity contribution in [1.82, 2.24) is 5.43 Å². The molecule has 23 heavy (non-hydrogen) atoms. The summed E-state index contributed by atoms with van der Waals surface area (Å²) in [6.45, 7) is 8.37. The summed E-state index contributed by atoms with van der Waals surface area (Å²) in [6.07, 6.45) is 0.726. The number of nitrogens with one attached hydrogen (secondary N) is 1. The highest BCUT2D eigenvalue weighted by Gasteiger charge is 2.14. The van der Waals surface area contributed by atoms with Gasteiger partial charge in [-0.25, -0.2) is 5.43 Å². The summed E-state index contributed by atoms with van der Waals surface area (Å²) in [6, 6.07) is 17.8. The van der Waals surface area contributed by atoms with Crippen LogP contribution in [0.25, 0.3) is 0 Å². The number of hydrogen-bond acceptors (Lipinski definition) is 2. The fourth-order valence-corrected chi connectivity index (χ4v) is 2.26. The third-order valence-electron chi connectivity index (χ3n) is 3.66. The van der Waals surface area contributed by atoms with Crippen LogP contribution in [0.5, 0.6) is 0 Å². The van der Waals surface area contributed by atoms with Crippen molar-refractivity contribution in [3.8, 4) is 0 Å². The van der Waals surface area contributed by atoms with Crippen molar-refractivity contribution in [3.63, 3.8) is 0 Å². The Morgan fingerprint density at radius 2 is 1.61 bits per heavy atom. The number of hydrazone groups is 1. The number of amides is 1. The zero-order chi connectivity index (χ0) is 16.9. The molecule has 0 aliphatic heterocycles. The quantitative estimate of drug-likeness (QED) is 0.663. The molecule has 0 saturated carbocycles. The average molecular weight is 308 g/mol. The molecule has 0 aliphatic rings. The topological polar surface area (TPSA) is 41.5 Å². The van der Waals surface area contributed by atoms with Crippen molar-refractivity contribution in [2.24, 2.45) is 5.10 Å². The van der Waals surface area contributed by atoms with Crippen molar-refractivity contribution in [2.75, 3.05) is 0 Å². The van der Waals surface area contributed by atoms with Gasteiger partial charge in [-0.05, 0) is 35.6 Å². The smallest absolute Gasteiger partial charge is 0.267 e. The minimum Gasteiger partial charge on any atom is -0.267 e. The molecule has 120 valence electrons. The van der Waals surface area contributed by atoms with E-state index >= 15 is 0 Å². The molecule has 0 bridgehead atoms. The first-order valence-corrected chi connectivity index (χ1v) is 7.84. The number of hydrogen-bond donors (Lipinski definition) is 1. The van der Waals surface area contributed by atoms with E-state index < -0.39 is 0 Å². The van der Waals surface area contributed by atoms with E-state index in [0.717, 1.165) is 12.1 Å². The zero-order valence-electron chi connectivity index (χ0n) is 14.3. The van der Waals surface area contributed by atoms with Gasteiger partial charge in [0.15, 0.2) is 0 Å². The molecular weight excluding hydrogens is 284 g/mol. The van der Waals surface area contributed by atoms with Crippen molar-refractivity contribution < 1.29 is 4.79 Å². The maximum absolute atomic E-state index is 12.1. The van der Waals surface area contributed by atoms with Crippen LogP contribution >= 0.6 is 0 Å². The Hall–Kier alpha value is -2.42. The summed E-state index contributed by atoms with van der Waals surface area (Å²) in [5.41, 5.74) is 6.58. The van der Waals surface area contributed by atoms with Gasteiger partial charge in [-0.3, -0.25) is 4.79 Å². The van der Waals surface area contributed by atoms with E-state index in [1.165, 1.54) is 11.1 Å². The van der Waals surface area contributed by atoms with Gasteiger partial charge in [0, 0.05) is 17.7 Å². The summed E-state index contributed by atoms with van der Waals surface area (Å²) >= 11 is 0. The molecular formula is C20H24N2O. The van der Waals surface area contributed by atoms with Crippen LogP contribution in [-0.4, -0.2) is 11.6 Å². The molecule has 0 atom stereocenters. The Bertz CT molecular complexity index is 680. The first kappa shape index (κ1) is 16.9. The fourth-order valence-electron chi connectivity index (χ4n) is 2.26. The first-order chi connectivity index (χ1) is 10.9. The molecule has 0 aromatic heterocycles. The average Bonchev–Trinajstić information content (AvgIpc) is 2.53. The summed E-state index contributed by atoms with van der Waals surface area (Å²) < 4.78 is 0. The van der Waals surface area contributed by atoms with Gasteiger partial charge in [-0.1, -0.05) is 63.2 Å². The van der Waals surface area contributed by atoms with E-state index in [0.29, 0.717) is 5.56 Å². The number of carbonyl (C=O) groups is 1. The zero-order valence-corrected chi connectivity index (χ0v) is 14.3. The molecule has 0 aliphatic carbocycles. The highest BCUT2D eigenvalue weighted by Crippen LogP contribution is 2.22. The van der Waals surface area contributed by atoms with Crippen molar-refractivity contribution >= 4 is 11.6 Å². The van der Waals surface area contributed by atoms with Crippen molar-refractivity contribution in [1.29, 1.82) is 0 Å². The Kier molecular flexibility index (Phi) is 5.32. The fraction of sp³-hybridized carbons (Fsp3) is 0.300. The van der Waals surface area contributed by atoms with Gasteiger partial charge in [0.1, 0.15) is 0 Å². The van der Waals surface area contributed by atoms with Crippen LogP contribution < -0.4 is 5.43 Å². The Morgan fingerprint density at radius 3 is 2.17 bits per heavy atom. The third-order valence-corrected chi connectivity index (χ3v) is 3.66. The van der Waals surface area contributed by atoms with Crippen LogP contribution in [0.15, 0.2) is 59.7 Å². The molecule has 2 rings (SSSR count).